The number of methoxy groups -OCH3 is 2. The summed E-state index contributed by atoms with van der Waals surface area (Å²) in [6.07, 6.45) is 1.82. The summed E-state index contributed by atoms with van der Waals surface area (Å²) in [5.74, 6) is 2.95. The van der Waals surface area contributed by atoms with Crippen molar-refractivity contribution in [3.8, 4) is 23.0 Å². The van der Waals surface area contributed by atoms with Crippen molar-refractivity contribution in [2.45, 2.75) is 19.3 Å². The maximum Gasteiger partial charge on any atom is 0.220 e. The lowest BCUT2D eigenvalue weighted by molar-refractivity contribution is -0.121. The number of fused-ring (bicyclic) bond motifs is 1. The molecule has 0 radical (unpaired) electrons. The minimum absolute atomic E-state index is 0.0299. The van der Waals surface area contributed by atoms with Gasteiger partial charge in [-0.3, -0.25) is 4.79 Å². The van der Waals surface area contributed by atoms with Crippen LogP contribution in [0.15, 0.2) is 36.4 Å². The highest BCUT2D eigenvalue weighted by atomic mass is 16.6. The lowest BCUT2D eigenvalue weighted by atomic mass is 10.1. The molecule has 2 aromatic rings. The van der Waals surface area contributed by atoms with Crippen molar-refractivity contribution < 1.29 is 23.7 Å². The number of ether oxygens (including phenoxy) is 4. The quantitative estimate of drug-likeness (QED) is 0.773. The standard InChI is InChI=1S/C21H25NO5/c1-24-17-6-3-15(13-19(17)25-2)5-8-21(23)22-10-9-16-4-7-18-20(14-16)27-12-11-26-18/h3-4,6-7,13-14H,5,8-12H2,1-2H3,(H,22,23). The smallest absolute Gasteiger partial charge is 0.220 e. The Balaban J connectivity index is 1.43. The molecule has 0 spiro atoms. The molecule has 0 aliphatic carbocycles. The summed E-state index contributed by atoms with van der Waals surface area (Å²) in [5.41, 5.74) is 2.15. The first kappa shape index (κ1) is 18.9. The molecule has 0 fully saturated rings. The molecule has 0 saturated heterocycles. The van der Waals surface area contributed by atoms with E-state index in [2.05, 4.69) is 5.32 Å². The first-order valence-corrected chi connectivity index (χ1v) is 9.05. The fourth-order valence-electron chi connectivity index (χ4n) is 2.97. The Kier molecular flexibility index (Phi) is 6.41. The minimum Gasteiger partial charge on any atom is -0.493 e. The van der Waals surface area contributed by atoms with Gasteiger partial charge in [-0.15, -0.1) is 0 Å². The van der Waals surface area contributed by atoms with Crippen molar-refractivity contribution >= 4 is 5.91 Å². The normalized spacial score (nSPS) is 12.4. The van der Waals surface area contributed by atoms with Gasteiger partial charge >= 0.3 is 0 Å². The van der Waals surface area contributed by atoms with E-state index in [0.29, 0.717) is 44.1 Å². The van der Waals surface area contributed by atoms with Crippen LogP contribution in [0.1, 0.15) is 17.5 Å². The summed E-state index contributed by atoms with van der Waals surface area (Å²) < 4.78 is 21.6. The maximum atomic E-state index is 12.1. The Morgan fingerprint density at radius 3 is 2.41 bits per heavy atom. The molecule has 144 valence electrons. The second-order valence-electron chi connectivity index (χ2n) is 6.27. The molecule has 6 heteroatoms. The first-order valence-electron chi connectivity index (χ1n) is 9.05. The Morgan fingerprint density at radius 2 is 1.63 bits per heavy atom. The third-order valence-corrected chi connectivity index (χ3v) is 4.43. The van der Waals surface area contributed by atoms with Gasteiger partial charge in [-0.2, -0.15) is 0 Å². The number of carbonyl (C=O) groups excluding carboxylic acids is 1. The lowest BCUT2D eigenvalue weighted by Crippen LogP contribution is -2.26. The predicted molar refractivity (Wildman–Crippen MR) is 102 cm³/mol. The van der Waals surface area contributed by atoms with Crippen molar-refractivity contribution in [3.05, 3.63) is 47.5 Å². The van der Waals surface area contributed by atoms with Gasteiger partial charge in [0, 0.05) is 13.0 Å². The van der Waals surface area contributed by atoms with Crippen molar-refractivity contribution in [1.82, 2.24) is 5.32 Å². The van der Waals surface area contributed by atoms with Crippen LogP contribution in [-0.4, -0.2) is 39.9 Å². The molecule has 1 heterocycles. The Hall–Kier alpha value is -2.89. The van der Waals surface area contributed by atoms with E-state index in [1.54, 1.807) is 14.2 Å². The van der Waals surface area contributed by atoms with Gasteiger partial charge in [-0.05, 0) is 48.2 Å². The summed E-state index contributed by atoms with van der Waals surface area (Å²) in [6, 6.07) is 11.6. The highest BCUT2D eigenvalue weighted by Gasteiger charge is 2.12. The van der Waals surface area contributed by atoms with Crippen LogP contribution in [0.25, 0.3) is 0 Å². The zero-order valence-corrected chi connectivity index (χ0v) is 15.7. The summed E-state index contributed by atoms with van der Waals surface area (Å²) >= 11 is 0. The second-order valence-corrected chi connectivity index (χ2v) is 6.27. The number of nitrogens with one attached hydrogen (secondary N) is 1. The number of rotatable bonds is 8. The topological polar surface area (TPSA) is 66.0 Å². The van der Waals surface area contributed by atoms with Gasteiger partial charge < -0.3 is 24.3 Å². The van der Waals surface area contributed by atoms with Crippen LogP contribution in [0.3, 0.4) is 0 Å². The maximum absolute atomic E-state index is 12.1. The second kappa shape index (κ2) is 9.16. The summed E-state index contributed by atoms with van der Waals surface area (Å²) in [4.78, 5) is 12.1. The average molecular weight is 371 g/mol. The van der Waals surface area contributed by atoms with E-state index >= 15 is 0 Å². The molecule has 6 nitrogen and oxygen atoms in total. The molecule has 0 bridgehead atoms. The molecule has 0 aromatic heterocycles. The van der Waals surface area contributed by atoms with Crippen LogP contribution < -0.4 is 24.3 Å². The average Bonchev–Trinajstić information content (AvgIpc) is 2.72. The van der Waals surface area contributed by atoms with Crippen molar-refractivity contribution in [1.29, 1.82) is 0 Å². The molecule has 0 saturated carbocycles. The number of amides is 1. The van der Waals surface area contributed by atoms with Gasteiger partial charge in [0.25, 0.3) is 0 Å². The molecule has 27 heavy (non-hydrogen) atoms. The third-order valence-electron chi connectivity index (χ3n) is 4.43. The first-order chi connectivity index (χ1) is 13.2. The Labute approximate surface area is 159 Å². The van der Waals surface area contributed by atoms with Crippen LogP contribution in [0.5, 0.6) is 23.0 Å². The predicted octanol–water partition coefficient (Wildman–Crippen LogP) is 2.77. The zero-order valence-electron chi connectivity index (χ0n) is 15.7. The third kappa shape index (κ3) is 5.06. The Bertz CT molecular complexity index is 790. The SMILES string of the molecule is COc1ccc(CCC(=O)NCCc2ccc3c(c2)OCCO3)cc1OC. The molecular formula is C21H25NO5. The molecule has 0 atom stereocenters. The van der Waals surface area contributed by atoms with Crippen molar-refractivity contribution in [3.63, 3.8) is 0 Å². The molecule has 1 aliphatic heterocycles. The van der Waals surface area contributed by atoms with Crippen LogP contribution in [0.4, 0.5) is 0 Å². The fourth-order valence-corrected chi connectivity index (χ4v) is 2.97. The van der Waals surface area contributed by atoms with E-state index in [9.17, 15) is 4.79 Å². The zero-order chi connectivity index (χ0) is 19.1. The van der Waals surface area contributed by atoms with Crippen molar-refractivity contribution in [2.75, 3.05) is 34.0 Å². The summed E-state index contributed by atoms with van der Waals surface area (Å²) in [7, 11) is 3.21. The monoisotopic (exact) mass is 371 g/mol. The van der Waals surface area contributed by atoms with Gasteiger partial charge in [0.05, 0.1) is 14.2 Å². The number of aryl methyl sites for hydroxylation is 1. The molecular weight excluding hydrogens is 346 g/mol. The molecule has 0 unspecified atom stereocenters. The number of hydrogen-bond donors (Lipinski definition) is 1. The Morgan fingerprint density at radius 1 is 0.926 bits per heavy atom. The largest absolute Gasteiger partial charge is 0.493 e. The highest BCUT2D eigenvalue weighted by Crippen LogP contribution is 2.31. The van der Waals surface area contributed by atoms with Crippen molar-refractivity contribution in [2.24, 2.45) is 0 Å². The fraction of sp³-hybridized carbons (Fsp3) is 0.381. The van der Waals surface area contributed by atoms with E-state index in [1.807, 2.05) is 36.4 Å². The van der Waals surface area contributed by atoms with Crippen LogP contribution in [0.2, 0.25) is 0 Å². The van der Waals surface area contributed by atoms with Crippen LogP contribution in [-0.2, 0) is 17.6 Å². The number of carbonyl (C=O) groups is 1. The molecule has 3 rings (SSSR count). The summed E-state index contributed by atoms with van der Waals surface area (Å²) in [6.45, 7) is 1.75. The van der Waals surface area contributed by atoms with E-state index in [-0.39, 0.29) is 5.91 Å². The number of hydrogen-bond acceptors (Lipinski definition) is 5. The highest BCUT2D eigenvalue weighted by molar-refractivity contribution is 5.76. The number of benzene rings is 2. The lowest BCUT2D eigenvalue weighted by Gasteiger charge is -2.18. The summed E-state index contributed by atoms with van der Waals surface area (Å²) in [5, 5.41) is 2.97. The van der Waals surface area contributed by atoms with Gasteiger partial charge in [0.15, 0.2) is 23.0 Å². The molecule has 1 N–H and O–H groups in total. The van der Waals surface area contributed by atoms with Gasteiger partial charge in [-0.25, -0.2) is 0 Å². The molecule has 1 aliphatic rings. The van der Waals surface area contributed by atoms with E-state index in [4.69, 9.17) is 18.9 Å². The van der Waals surface area contributed by atoms with Crippen LogP contribution in [0, 0.1) is 0 Å². The van der Waals surface area contributed by atoms with E-state index in [0.717, 1.165) is 29.0 Å². The van der Waals surface area contributed by atoms with Gasteiger partial charge in [0.1, 0.15) is 13.2 Å². The van der Waals surface area contributed by atoms with Gasteiger partial charge in [0.2, 0.25) is 5.91 Å². The van der Waals surface area contributed by atoms with E-state index in [1.165, 1.54) is 0 Å². The van der Waals surface area contributed by atoms with Crippen LogP contribution >= 0.6 is 0 Å². The molecule has 1 amide bonds. The van der Waals surface area contributed by atoms with E-state index < -0.39 is 0 Å². The minimum atomic E-state index is 0.0299. The molecule has 2 aromatic carbocycles. The van der Waals surface area contributed by atoms with Gasteiger partial charge in [-0.1, -0.05) is 12.1 Å².